The van der Waals surface area contributed by atoms with Crippen molar-refractivity contribution in [3.05, 3.63) is 59.7 Å². The summed E-state index contributed by atoms with van der Waals surface area (Å²) in [5, 5.41) is 0. The summed E-state index contributed by atoms with van der Waals surface area (Å²) in [6.07, 6.45) is 7.15. The Labute approximate surface area is 169 Å². The van der Waals surface area contributed by atoms with Crippen LogP contribution in [0.2, 0.25) is 0 Å². The van der Waals surface area contributed by atoms with Crippen molar-refractivity contribution in [2.45, 2.75) is 57.8 Å². The highest BCUT2D eigenvalue weighted by molar-refractivity contribution is 5.99. The summed E-state index contributed by atoms with van der Waals surface area (Å²) in [5.41, 5.74) is 14.8. The molecule has 3 heteroatoms. The zero-order chi connectivity index (χ0) is 20.1. The minimum atomic E-state index is -0.658. The highest BCUT2D eigenvalue weighted by atomic mass is 16.1. The molecule has 4 rings (SSSR count). The predicted octanol–water partition coefficient (Wildman–Crippen LogP) is 5.01. The quantitative estimate of drug-likeness (QED) is 0.768. The molecule has 4 N–H and O–H groups in total. The third kappa shape index (κ3) is 3.60. The van der Waals surface area contributed by atoms with Crippen LogP contribution in [-0.2, 0) is 10.2 Å². The van der Waals surface area contributed by atoms with E-state index in [2.05, 4.69) is 31.2 Å². The topological polar surface area (TPSA) is 69.1 Å². The van der Waals surface area contributed by atoms with Gasteiger partial charge in [0.25, 0.3) is 0 Å². The van der Waals surface area contributed by atoms with Gasteiger partial charge in [0.15, 0.2) is 0 Å². The van der Waals surface area contributed by atoms with Gasteiger partial charge in [0, 0.05) is 0 Å². The molecule has 1 amide bonds. The van der Waals surface area contributed by atoms with Crippen LogP contribution < -0.4 is 11.5 Å². The lowest BCUT2D eigenvalue weighted by Gasteiger charge is -2.29. The first-order valence-corrected chi connectivity index (χ1v) is 10.8. The lowest BCUT2D eigenvalue weighted by Crippen LogP contribution is -2.40. The standard InChI is InChI=1S/C23H27NO.C2H7N/c1-16-8-6-9-17(16)10-7-15-23(22(24)25)20-13-4-2-11-18(20)19-12-3-5-14-21(19)23;1-2-3/h2-5,11-14,16-17H,6-10,15H2,1H3,(H2,24,25);2-3H2,1H3. The maximum atomic E-state index is 12.8. The predicted molar refractivity (Wildman–Crippen MR) is 117 cm³/mol. The van der Waals surface area contributed by atoms with Gasteiger partial charge in [0.2, 0.25) is 5.91 Å². The fraction of sp³-hybridized carbons (Fsp3) is 0.480. The summed E-state index contributed by atoms with van der Waals surface area (Å²) in [4.78, 5) is 12.8. The molecule has 0 aliphatic heterocycles. The van der Waals surface area contributed by atoms with Gasteiger partial charge in [-0.3, -0.25) is 4.79 Å². The van der Waals surface area contributed by atoms with Gasteiger partial charge in [0.1, 0.15) is 0 Å². The van der Waals surface area contributed by atoms with Crippen LogP contribution in [0.15, 0.2) is 48.5 Å². The number of hydrogen-bond acceptors (Lipinski definition) is 2. The van der Waals surface area contributed by atoms with Crippen molar-refractivity contribution in [2.75, 3.05) is 6.54 Å². The van der Waals surface area contributed by atoms with E-state index in [-0.39, 0.29) is 5.91 Å². The summed E-state index contributed by atoms with van der Waals surface area (Å²) >= 11 is 0. The molecule has 2 aromatic rings. The smallest absolute Gasteiger partial charge is 0.232 e. The Morgan fingerprint density at radius 1 is 1.04 bits per heavy atom. The number of fused-ring (bicyclic) bond motifs is 3. The van der Waals surface area contributed by atoms with Gasteiger partial charge in [-0.25, -0.2) is 0 Å². The Hall–Kier alpha value is -2.13. The number of nitrogens with two attached hydrogens (primary N) is 2. The number of amides is 1. The van der Waals surface area contributed by atoms with E-state index >= 15 is 0 Å². The van der Waals surface area contributed by atoms with Crippen LogP contribution in [0.4, 0.5) is 0 Å². The third-order valence-electron chi connectivity index (χ3n) is 6.65. The first-order valence-electron chi connectivity index (χ1n) is 10.8. The van der Waals surface area contributed by atoms with E-state index in [1.54, 1.807) is 0 Å². The highest BCUT2D eigenvalue weighted by Gasteiger charge is 2.47. The maximum absolute atomic E-state index is 12.8. The summed E-state index contributed by atoms with van der Waals surface area (Å²) in [7, 11) is 0. The Morgan fingerprint density at radius 3 is 2.04 bits per heavy atom. The second kappa shape index (κ2) is 8.91. The van der Waals surface area contributed by atoms with E-state index in [0.717, 1.165) is 42.3 Å². The van der Waals surface area contributed by atoms with E-state index in [4.69, 9.17) is 11.5 Å². The molecule has 0 bridgehead atoms. The van der Waals surface area contributed by atoms with E-state index in [1.165, 1.54) is 36.8 Å². The van der Waals surface area contributed by atoms with Gasteiger partial charge in [-0.1, -0.05) is 94.5 Å². The fourth-order valence-electron chi connectivity index (χ4n) is 5.26. The van der Waals surface area contributed by atoms with Crippen molar-refractivity contribution in [1.29, 1.82) is 0 Å². The molecule has 0 saturated heterocycles. The van der Waals surface area contributed by atoms with Gasteiger partial charge in [-0.15, -0.1) is 0 Å². The third-order valence-corrected chi connectivity index (χ3v) is 6.65. The lowest BCUT2D eigenvalue weighted by molar-refractivity contribution is -0.122. The molecule has 0 spiro atoms. The SMILES string of the molecule is CC1CCCC1CCCC1(C(N)=O)c2ccccc2-c2ccccc21.CCN. The van der Waals surface area contributed by atoms with Crippen LogP contribution in [0.5, 0.6) is 0 Å². The molecule has 2 unspecified atom stereocenters. The van der Waals surface area contributed by atoms with Crippen molar-refractivity contribution in [3.8, 4) is 11.1 Å². The first kappa shape index (κ1) is 20.6. The van der Waals surface area contributed by atoms with Crippen LogP contribution in [0.25, 0.3) is 11.1 Å². The molecule has 3 nitrogen and oxygen atoms in total. The molecule has 0 heterocycles. The molecular formula is C25H34N2O. The number of benzene rings is 2. The molecule has 1 saturated carbocycles. The molecular weight excluding hydrogens is 344 g/mol. The molecule has 2 aliphatic carbocycles. The van der Waals surface area contributed by atoms with Crippen molar-refractivity contribution in [1.82, 2.24) is 0 Å². The molecule has 0 aromatic heterocycles. The monoisotopic (exact) mass is 378 g/mol. The Kier molecular flexibility index (Phi) is 6.56. The molecule has 150 valence electrons. The number of hydrogen-bond donors (Lipinski definition) is 2. The van der Waals surface area contributed by atoms with Crippen LogP contribution in [-0.4, -0.2) is 12.5 Å². The number of carbonyl (C=O) groups excluding carboxylic acids is 1. The van der Waals surface area contributed by atoms with Gasteiger partial charge in [0.05, 0.1) is 5.41 Å². The molecule has 2 aliphatic rings. The molecule has 1 fully saturated rings. The minimum Gasteiger partial charge on any atom is -0.369 e. The number of primary amides is 1. The maximum Gasteiger partial charge on any atom is 0.232 e. The summed E-state index contributed by atoms with van der Waals surface area (Å²) in [6, 6.07) is 16.6. The average molecular weight is 379 g/mol. The van der Waals surface area contributed by atoms with Gasteiger partial charge >= 0.3 is 0 Å². The summed E-state index contributed by atoms with van der Waals surface area (Å²) < 4.78 is 0. The molecule has 2 aromatic carbocycles. The largest absolute Gasteiger partial charge is 0.369 e. The zero-order valence-corrected chi connectivity index (χ0v) is 17.3. The summed E-state index contributed by atoms with van der Waals surface area (Å²) in [5.74, 6) is 1.44. The van der Waals surface area contributed by atoms with E-state index in [1.807, 2.05) is 31.2 Å². The van der Waals surface area contributed by atoms with Crippen molar-refractivity contribution in [2.24, 2.45) is 23.3 Å². The van der Waals surface area contributed by atoms with Crippen molar-refractivity contribution in [3.63, 3.8) is 0 Å². The minimum absolute atomic E-state index is 0.204. The average Bonchev–Trinajstić information content (AvgIpc) is 3.23. The number of rotatable bonds is 5. The highest BCUT2D eigenvalue weighted by Crippen LogP contribution is 2.51. The lowest BCUT2D eigenvalue weighted by atomic mass is 9.73. The second-order valence-electron chi connectivity index (χ2n) is 8.33. The van der Waals surface area contributed by atoms with Gasteiger partial charge < -0.3 is 11.5 Å². The Bertz CT molecular complexity index is 768. The zero-order valence-electron chi connectivity index (χ0n) is 17.3. The van der Waals surface area contributed by atoms with Crippen LogP contribution in [0.1, 0.15) is 63.5 Å². The fourth-order valence-corrected chi connectivity index (χ4v) is 5.26. The van der Waals surface area contributed by atoms with Crippen LogP contribution >= 0.6 is 0 Å². The first-order chi connectivity index (χ1) is 13.6. The van der Waals surface area contributed by atoms with Crippen molar-refractivity contribution < 1.29 is 4.79 Å². The van der Waals surface area contributed by atoms with E-state index < -0.39 is 5.41 Å². The Morgan fingerprint density at radius 2 is 1.57 bits per heavy atom. The normalized spacial score (nSPS) is 21.4. The molecule has 28 heavy (non-hydrogen) atoms. The molecule has 2 atom stereocenters. The number of carbonyl (C=O) groups is 1. The van der Waals surface area contributed by atoms with Crippen molar-refractivity contribution >= 4 is 5.91 Å². The van der Waals surface area contributed by atoms with Gasteiger partial charge in [-0.2, -0.15) is 0 Å². The van der Waals surface area contributed by atoms with Crippen LogP contribution in [0, 0.1) is 11.8 Å². The summed E-state index contributed by atoms with van der Waals surface area (Å²) in [6.45, 7) is 5.03. The second-order valence-corrected chi connectivity index (χ2v) is 8.33. The Balaban J connectivity index is 0.000000706. The van der Waals surface area contributed by atoms with Gasteiger partial charge in [-0.05, 0) is 47.1 Å². The van der Waals surface area contributed by atoms with E-state index in [0.29, 0.717) is 0 Å². The molecule has 0 radical (unpaired) electrons. The van der Waals surface area contributed by atoms with Crippen LogP contribution in [0.3, 0.4) is 0 Å². The van der Waals surface area contributed by atoms with E-state index in [9.17, 15) is 4.79 Å².